The largest absolute Gasteiger partial charge is 0.352 e. The fraction of sp³-hybridized carbons (Fsp3) is 0.217. The number of anilines is 1. The summed E-state index contributed by atoms with van der Waals surface area (Å²) in [6, 6.07) is 13.8. The van der Waals surface area contributed by atoms with Crippen molar-refractivity contribution in [2.45, 2.75) is 10.6 Å². The molecule has 1 amide bonds. The monoisotopic (exact) mass is 430 g/mol. The molecule has 1 fully saturated rings. The van der Waals surface area contributed by atoms with E-state index in [1.54, 1.807) is 30.4 Å². The molecule has 7 nitrogen and oxygen atoms in total. The molecular formula is C23H22N6OS. The SMILES string of the molecule is O=C(c1ccccc1SCc1cn2ccccc2n1)N1CCN(c2cnccn2)CC1. The molecule has 0 saturated carbocycles. The van der Waals surface area contributed by atoms with Crippen LogP contribution in [0.4, 0.5) is 5.82 Å². The lowest BCUT2D eigenvalue weighted by molar-refractivity contribution is 0.0743. The zero-order valence-electron chi connectivity index (χ0n) is 17.0. The first-order valence-electron chi connectivity index (χ1n) is 10.2. The van der Waals surface area contributed by atoms with E-state index in [9.17, 15) is 4.79 Å². The highest BCUT2D eigenvalue weighted by Crippen LogP contribution is 2.27. The van der Waals surface area contributed by atoms with Crippen LogP contribution in [0.3, 0.4) is 0 Å². The molecule has 4 heterocycles. The molecule has 5 rings (SSSR count). The standard InChI is InChI=1S/C23H22N6OS/c30-23(28-13-11-27(12-14-28)22-15-24-8-9-25-22)19-5-1-2-6-20(19)31-17-18-16-29-10-4-3-7-21(29)26-18/h1-10,15-16H,11-14,17H2. The maximum absolute atomic E-state index is 13.3. The van der Waals surface area contributed by atoms with Crippen molar-refractivity contribution in [3.05, 3.63) is 84.7 Å². The third kappa shape index (κ3) is 4.25. The van der Waals surface area contributed by atoms with E-state index in [1.807, 2.05) is 64.2 Å². The second kappa shape index (κ2) is 8.77. The fourth-order valence-corrected chi connectivity index (χ4v) is 4.67. The number of pyridine rings is 1. The predicted octanol–water partition coefficient (Wildman–Crippen LogP) is 3.38. The first-order chi connectivity index (χ1) is 15.3. The average molecular weight is 431 g/mol. The number of imidazole rings is 1. The summed E-state index contributed by atoms with van der Waals surface area (Å²) in [5.74, 6) is 1.65. The second-order valence-electron chi connectivity index (χ2n) is 7.33. The Labute approximate surface area is 184 Å². The summed E-state index contributed by atoms with van der Waals surface area (Å²) in [7, 11) is 0. The van der Waals surface area contributed by atoms with Crippen molar-refractivity contribution in [3.8, 4) is 0 Å². The van der Waals surface area contributed by atoms with Gasteiger partial charge >= 0.3 is 0 Å². The highest BCUT2D eigenvalue weighted by molar-refractivity contribution is 7.98. The molecule has 8 heteroatoms. The molecule has 31 heavy (non-hydrogen) atoms. The number of carbonyl (C=O) groups is 1. The Balaban J connectivity index is 1.26. The van der Waals surface area contributed by atoms with Crippen LogP contribution in [0.15, 0.2) is 78.3 Å². The Morgan fingerprint density at radius 2 is 1.84 bits per heavy atom. The van der Waals surface area contributed by atoms with Crippen LogP contribution in [0.5, 0.6) is 0 Å². The maximum Gasteiger partial charge on any atom is 0.255 e. The van der Waals surface area contributed by atoms with Gasteiger partial charge in [0, 0.05) is 61.6 Å². The molecule has 0 aliphatic carbocycles. The van der Waals surface area contributed by atoms with Crippen molar-refractivity contribution in [2.75, 3.05) is 31.1 Å². The van der Waals surface area contributed by atoms with Crippen molar-refractivity contribution in [3.63, 3.8) is 0 Å². The smallest absolute Gasteiger partial charge is 0.255 e. The first-order valence-corrected chi connectivity index (χ1v) is 11.2. The zero-order valence-corrected chi connectivity index (χ0v) is 17.8. The van der Waals surface area contributed by atoms with Crippen molar-refractivity contribution < 1.29 is 4.79 Å². The van der Waals surface area contributed by atoms with Gasteiger partial charge in [0.15, 0.2) is 0 Å². The van der Waals surface area contributed by atoms with Crippen LogP contribution >= 0.6 is 11.8 Å². The van der Waals surface area contributed by atoms with E-state index in [0.717, 1.165) is 40.7 Å². The molecule has 1 aliphatic rings. The van der Waals surface area contributed by atoms with Crippen LogP contribution < -0.4 is 4.90 Å². The van der Waals surface area contributed by atoms with Gasteiger partial charge < -0.3 is 14.2 Å². The Kier molecular flexibility index (Phi) is 5.54. The second-order valence-corrected chi connectivity index (χ2v) is 8.34. The molecule has 1 aromatic carbocycles. The summed E-state index contributed by atoms with van der Waals surface area (Å²) in [5.41, 5.74) is 2.68. The Morgan fingerprint density at radius 3 is 2.65 bits per heavy atom. The van der Waals surface area contributed by atoms with E-state index in [4.69, 9.17) is 0 Å². The lowest BCUT2D eigenvalue weighted by Crippen LogP contribution is -2.49. The van der Waals surface area contributed by atoms with Crippen LogP contribution in [-0.2, 0) is 5.75 Å². The number of carbonyl (C=O) groups excluding carboxylic acids is 1. The highest BCUT2D eigenvalue weighted by atomic mass is 32.2. The molecule has 156 valence electrons. The molecule has 0 spiro atoms. The number of aromatic nitrogens is 4. The molecule has 0 N–H and O–H groups in total. The third-order valence-corrected chi connectivity index (χ3v) is 6.45. The first kappa shape index (κ1) is 19.6. The molecule has 1 aliphatic heterocycles. The number of hydrogen-bond donors (Lipinski definition) is 0. The van der Waals surface area contributed by atoms with Gasteiger partial charge in [0.25, 0.3) is 5.91 Å². The topological polar surface area (TPSA) is 66.6 Å². The minimum atomic E-state index is 0.0805. The van der Waals surface area contributed by atoms with Gasteiger partial charge in [-0.3, -0.25) is 9.78 Å². The molecule has 4 aromatic rings. The quantitative estimate of drug-likeness (QED) is 0.452. The Morgan fingerprint density at radius 1 is 1.00 bits per heavy atom. The minimum Gasteiger partial charge on any atom is -0.352 e. The summed E-state index contributed by atoms with van der Waals surface area (Å²) in [4.78, 5) is 31.5. The number of piperazine rings is 1. The van der Waals surface area contributed by atoms with Gasteiger partial charge in [-0.1, -0.05) is 18.2 Å². The van der Waals surface area contributed by atoms with Crippen LogP contribution in [0, 0.1) is 0 Å². The summed E-state index contributed by atoms with van der Waals surface area (Å²) in [6.45, 7) is 2.84. The van der Waals surface area contributed by atoms with Crippen LogP contribution in [0.25, 0.3) is 5.65 Å². The summed E-state index contributed by atoms with van der Waals surface area (Å²) >= 11 is 1.65. The van der Waals surface area contributed by atoms with Crippen LogP contribution in [-0.4, -0.2) is 56.3 Å². The van der Waals surface area contributed by atoms with E-state index in [-0.39, 0.29) is 5.91 Å². The van der Waals surface area contributed by atoms with Gasteiger partial charge in [-0.05, 0) is 24.3 Å². The molecule has 1 saturated heterocycles. The number of thioether (sulfide) groups is 1. The van der Waals surface area contributed by atoms with Crippen LogP contribution in [0.1, 0.15) is 16.1 Å². The number of fused-ring (bicyclic) bond motifs is 1. The summed E-state index contributed by atoms with van der Waals surface area (Å²) in [5, 5.41) is 0. The van der Waals surface area contributed by atoms with Crippen molar-refractivity contribution in [2.24, 2.45) is 0 Å². The van der Waals surface area contributed by atoms with Gasteiger partial charge in [-0.25, -0.2) is 9.97 Å². The van der Waals surface area contributed by atoms with Gasteiger partial charge in [-0.2, -0.15) is 0 Å². The number of benzene rings is 1. The Hall–Kier alpha value is -3.39. The summed E-state index contributed by atoms with van der Waals surface area (Å²) in [6.07, 6.45) is 9.17. The number of rotatable bonds is 5. The lowest BCUT2D eigenvalue weighted by Gasteiger charge is -2.35. The van der Waals surface area contributed by atoms with Crippen molar-refractivity contribution in [1.82, 2.24) is 24.3 Å². The third-order valence-electron chi connectivity index (χ3n) is 5.35. The molecule has 0 radical (unpaired) electrons. The van der Waals surface area contributed by atoms with Gasteiger partial charge in [0.1, 0.15) is 11.5 Å². The molecule has 0 atom stereocenters. The normalized spacial score (nSPS) is 14.2. The molecule has 3 aromatic heterocycles. The van der Waals surface area contributed by atoms with E-state index in [0.29, 0.717) is 18.8 Å². The zero-order chi connectivity index (χ0) is 21.0. The number of amides is 1. The van der Waals surface area contributed by atoms with Gasteiger partial charge in [-0.15, -0.1) is 11.8 Å². The van der Waals surface area contributed by atoms with E-state index < -0.39 is 0 Å². The van der Waals surface area contributed by atoms with E-state index in [1.165, 1.54) is 0 Å². The predicted molar refractivity (Wildman–Crippen MR) is 121 cm³/mol. The molecular weight excluding hydrogens is 408 g/mol. The number of nitrogens with zero attached hydrogens (tertiary/aromatic N) is 6. The van der Waals surface area contributed by atoms with Crippen LogP contribution in [0.2, 0.25) is 0 Å². The average Bonchev–Trinajstić information content (AvgIpc) is 3.26. The molecule has 0 unspecified atom stereocenters. The summed E-state index contributed by atoms with van der Waals surface area (Å²) < 4.78 is 2.02. The van der Waals surface area contributed by atoms with E-state index >= 15 is 0 Å². The fourth-order valence-electron chi connectivity index (χ4n) is 3.74. The lowest BCUT2D eigenvalue weighted by atomic mass is 10.2. The minimum absolute atomic E-state index is 0.0805. The Bertz CT molecular complexity index is 1150. The van der Waals surface area contributed by atoms with Gasteiger partial charge in [0.05, 0.1) is 17.5 Å². The maximum atomic E-state index is 13.3. The van der Waals surface area contributed by atoms with E-state index in [2.05, 4.69) is 19.9 Å². The van der Waals surface area contributed by atoms with Crippen molar-refractivity contribution in [1.29, 1.82) is 0 Å². The number of hydrogen-bond acceptors (Lipinski definition) is 6. The van der Waals surface area contributed by atoms with Gasteiger partial charge in [0.2, 0.25) is 0 Å². The van der Waals surface area contributed by atoms with Crippen molar-refractivity contribution >= 4 is 29.1 Å². The molecule has 0 bridgehead atoms. The highest BCUT2D eigenvalue weighted by Gasteiger charge is 2.24.